The summed E-state index contributed by atoms with van der Waals surface area (Å²) in [5.74, 6) is -4.90. The summed E-state index contributed by atoms with van der Waals surface area (Å²) in [6.45, 7) is 0.684. The van der Waals surface area contributed by atoms with Crippen molar-refractivity contribution < 1.29 is 35.9 Å². The normalized spacial score (nSPS) is 11.7. The van der Waals surface area contributed by atoms with Crippen LogP contribution in [0.4, 0.5) is 18.9 Å². The first-order valence-corrected chi connectivity index (χ1v) is 10.9. The third-order valence-electron chi connectivity index (χ3n) is 4.50. The molecule has 3 N–H and O–H groups in total. The third-order valence-corrected chi connectivity index (χ3v) is 5.41. The molecular formula is C22H19F3N2O5S. The van der Waals surface area contributed by atoms with Crippen LogP contribution < -0.4 is 19.9 Å². The zero-order valence-corrected chi connectivity index (χ0v) is 18.3. The van der Waals surface area contributed by atoms with Crippen molar-refractivity contribution in [1.82, 2.24) is 0 Å². The van der Waals surface area contributed by atoms with Gasteiger partial charge in [0.15, 0.2) is 11.5 Å². The summed E-state index contributed by atoms with van der Waals surface area (Å²) in [6, 6.07) is 11.7. The largest absolute Gasteiger partial charge is 0.493 e. The molecule has 0 saturated heterocycles. The predicted molar refractivity (Wildman–Crippen MR) is 115 cm³/mol. The van der Waals surface area contributed by atoms with E-state index in [-0.39, 0.29) is 33.4 Å². The summed E-state index contributed by atoms with van der Waals surface area (Å²) in [5, 5.41) is 7.58. The summed E-state index contributed by atoms with van der Waals surface area (Å²) >= 11 is 0. The second-order valence-corrected chi connectivity index (χ2v) is 8.58. The average molecular weight is 480 g/mol. The number of primary sulfonamides is 1. The van der Waals surface area contributed by atoms with Gasteiger partial charge in [0.1, 0.15) is 11.6 Å². The highest BCUT2D eigenvalue weighted by Crippen LogP contribution is 2.37. The maximum Gasteiger partial charge on any atom is 0.270 e. The van der Waals surface area contributed by atoms with Crippen molar-refractivity contribution in [2.75, 3.05) is 12.4 Å². The Kier molecular flexibility index (Phi) is 6.65. The fourth-order valence-electron chi connectivity index (χ4n) is 2.86. The smallest absolute Gasteiger partial charge is 0.270 e. The molecule has 0 aliphatic rings. The van der Waals surface area contributed by atoms with Gasteiger partial charge in [0.25, 0.3) is 11.8 Å². The third kappa shape index (κ3) is 5.82. The molecule has 0 spiro atoms. The van der Waals surface area contributed by atoms with Crippen LogP contribution in [0.1, 0.15) is 22.8 Å². The zero-order chi connectivity index (χ0) is 24.4. The molecule has 0 saturated carbocycles. The minimum Gasteiger partial charge on any atom is -0.493 e. The highest BCUT2D eigenvalue weighted by atomic mass is 32.2. The quantitative estimate of drug-likeness (QED) is 0.512. The molecule has 0 aliphatic heterocycles. The molecular weight excluding hydrogens is 461 g/mol. The molecule has 174 valence electrons. The Bertz CT molecular complexity index is 1310. The van der Waals surface area contributed by atoms with Crippen LogP contribution in [0.15, 0.2) is 65.6 Å². The number of carbonyl (C=O) groups excluding carboxylic acids is 1. The van der Waals surface area contributed by atoms with Crippen molar-refractivity contribution in [2.45, 2.75) is 17.7 Å². The van der Waals surface area contributed by atoms with Gasteiger partial charge in [-0.05, 0) is 42.5 Å². The molecule has 0 fully saturated rings. The Morgan fingerprint density at radius 3 is 2.36 bits per heavy atom. The van der Waals surface area contributed by atoms with Crippen LogP contribution in [-0.4, -0.2) is 21.4 Å². The van der Waals surface area contributed by atoms with E-state index in [1.165, 1.54) is 31.4 Å². The molecule has 3 aromatic rings. The Morgan fingerprint density at radius 1 is 1.00 bits per heavy atom. The zero-order valence-electron chi connectivity index (χ0n) is 17.4. The fourth-order valence-corrected chi connectivity index (χ4v) is 3.42. The lowest BCUT2D eigenvalue weighted by atomic mass is 10.1. The number of benzene rings is 3. The maximum atomic E-state index is 13.9. The van der Waals surface area contributed by atoms with Crippen molar-refractivity contribution in [3.63, 3.8) is 0 Å². The molecule has 7 nitrogen and oxygen atoms in total. The molecule has 0 aliphatic carbocycles. The second kappa shape index (κ2) is 9.12. The number of nitrogens with two attached hydrogens (primary N) is 1. The molecule has 0 aromatic heterocycles. The maximum absolute atomic E-state index is 13.9. The highest BCUT2D eigenvalue weighted by Gasteiger charge is 2.27. The van der Waals surface area contributed by atoms with E-state index in [1.807, 2.05) is 0 Å². The number of carbonyl (C=O) groups is 1. The average Bonchev–Trinajstić information content (AvgIpc) is 2.73. The van der Waals surface area contributed by atoms with Gasteiger partial charge < -0.3 is 14.8 Å². The van der Waals surface area contributed by atoms with Gasteiger partial charge in [0.05, 0.1) is 17.6 Å². The SMILES string of the molecule is COc1cc(F)ccc1Oc1cc(C(C)(F)F)ccc1C(=O)Nc1cccc(S(N)(=O)=O)c1. The standard InChI is InChI=1S/C22H19F3N2O5S/c1-22(24,25)13-6-8-17(19(10-13)32-18-9-7-14(23)11-20(18)31-2)21(28)27-15-4-3-5-16(12-15)33(26,29)30/h3-12H,1-2H3,(H,27,28)(H2,26,29,30). The number of rotatable bonds is 7. The number of amides is 1. The summed E-state index contributed by atoms with van der Waals surface area (Å²) < 4.78 is 75.1. The van der Waals surface area contributed by atoms with Gasteiger partial charge in [-0.25, -0.2) is 26.7 Å². The summed E-state index contributed by atoms with van der Waals surface area (Å²) in [6.07, 6.45) is 0. The van der Waals surface area contributed by atoms with Gasteiger partial charge in [-0.1, -0.05) is 12.1 Å². The Balaban J connectivity index is 2.02. The molecule has 0 heterocycles. The number of alkyl halides is 2. The molecule has 0 unspecified atom stereocenters. The van der Waals surface area contributed by atoms with E-state index >= 15 is 0 Å². The fraction of sp³-hybridized carbons (Fsp3) is 0.136. The molecule has 33 heavy (non-hydrogen) atoms. The van der Waals surface area contributed by atoms with Crippen LogP contribution in [0.2, 0.25) is 0 Å². The van der Waals surface area contributed by atoms with Crippen LogP contribution in [0.3, 0.4) is 0 Å². The van der Waals surface area contributed by atoms with Gasteiger partial charge >= 0.3 is 0 Å². The number of ether oxygens (including phenoxy) is 2. The first-order chi connectivity index (χ1) is 15.4. The lowest BCUT2D eigenvalue weighted by molar-refractivity contribution is 0.0172. The van der Waals surface area contributed by atoms with E-state index < -0.39 is 33.2 Å². The molecule has 11 heteroatoms. The van der Waals surface area contributed by atoms with E-state index in [1.54, 1.807) is 0 Å². The van der Waals surface area contributed by atoms with Gasteiger partial charge in [-0.3, -0.25) is 4.79 Å². The molecule has 3 rings (SSSR count). The number of anilines is 1. The van der Waals surface area contributed by atoms with E-state index in [0.29, 0.717) is 6.92 Å². The highest BCUT2D eigenvalue weighted by molar-refractivity contribution is 7.89. The van der Waals surface area contributed by atoms with E-state index in [4.69, 9.17) is 14.6 Å². The summed E-state index contributed by atoms with van der Waals surface area (Å²) in [5.41, 5.74) is -0.469. The lowest BCUT2D eigenvalue weighted by Crippen LogP contribution is -2.16. The number of halogens is 3. The van der Waals surface area contributed by atoms with Crippen LogP contribution >= 0.6 is 0 Å². The van der Waals surface area contributed by atoms with E-state index in [2.05, 4.69) is 5.32 Å². The molecule has 0 radical (unpaired) electrons. The van der Waals surface area contributed by atoms with E-state index in [9.17, 15) is 26.4 Å². The Labute approximate surface area is 188 Å². The summed E-state index contributed by atoms with van der Waals surface area (Å²) in [7, 11) is -2.74. The van der Waals surface area contributed by atoms with Crippen LogP contribution in [0.25, 0.3) is 0 Å². The first kappa shape index (κ1) is 24.1. The van der Waals surface area contributed by atoms with E-state index in [0.717, 1.165) is 36.4 Å². The molecule has 1 amide bonds. The van der Waals surface area contributed by atoms with Crippen molar-refractivity contribution in [1.29, 1.82) is 0 Å². The van der Waals surface area contributed by atoms with Gasteiger partial charge in [-0.2, -0.15) is 0 Å². The lowest BCUT2D eigenvalue weighted by Gasteiger charge is -2.17. The minimum absolute atomic E-state index is 0.0132. The first-order valence-electron chi connectivity index (χ1n) is 9.36. The van der Waals surface area contributed by atoms with Crippen molar-refractivity contribution in [3.8, 4) is 17.2 Å². The van der Waals surface area contributed by atoms with Crippen LogP contribution in [-0.2, 0) is 15.9 Å². The molecule has 3 aromatic carbocycles. The van der Waals surface area contributed by atoms with Crippen molar-refractivity contribution >= 4 is 21.6 Å². The van der Waals surface area contributed by atoms with Gasteiger partial charge in [0.2, 0.25) is 10.0 Å². The number of methoxy groups -OCH3 is 1. The monoisotopic (exact) mass is 480 g/mol. The van der Waals surface area contributed by atoms with Gasteiger partial charge in [-0.15, -0.1) is 0 Å². The Morgan fingerprint density at radius 2 is 1.73 bits per heavy atom. The minimum atomic E-state index is -4.01. The topological polar surface area (TPSA) is 108 Å². The van der Waals surface area contributed by atoms with Crippen molar-refractivity contribution in [2.24, 2.45) is 5.14 Å². The van der Waals surface area contributed by atoms with Gasteiger partial charge in [0, 0.05) is 24.2 Å². The van der Waals surface area contributed by atoms with Crippen LogP contribution in [0, 0.1) is 5.82 Å². The van der Waals surface area contributed by atoms with Crippen LogP contribution in [0.5, 0.6) is 17.2 Å². The number of hydrogen-bond acceptors (Lipinski definition) is 5. The molecule has 0 bridgehead atoms. The molecule has 0 atom stereocenters. The predicted octanol–water partition coefficient (Wildman–Crippen LogP) is 4.64. The second-order valence-electron chi connectivity index (χ2n) is 7.02. The van der Waals surface area contributed by atoms with Crippen molar-refractivity contribution in [3.05, 3.63) is 77.6 Å². The number of nitrogens with one attached hydrogen (secondary N) is 1. The summed E-state index contributed by atoms with van der Waals surface area (Å²) in [4.78, 5) is 12.7. The number of hydrogen-bond donors (Lipinski definition) is 2. The Hall–Kier alpha value is -3.57. The number of sulfonamides is 1.